The highest BCUT2D eigenvalue weighted by Crippen LogP contribution is 2.29. The number of hydrogen-bond donors (Lipinski definition) is 6. The van der Waals surface area contributed by atoms with Crippen LogP contribution in [0.2, 0.25) is 0 Å². The van der Waals surface area contributed by atoms with Crippen molar-refractivity contribution in [1.82, 2.24) is 26.2 Å². The molecular formula is C44H58N6O15S. The van der Waals surface area contributed by atoms with Crippen LogP contribution in [0.5, 0.6) is 5.75 Å². The van der Waals surface area contributed by atoms with Crippen molar-refractivity contribution >= 4 is 65.2 Å². The highest BCUT2D eigenvalue weighted by molar-refractivity contribution is 7.98. The number of phenolic OH excluding ortho intramolecular Hbond substituents is 1. The number of rotatable bonds is 21. The van der Waals surface area contributed by atoms with Gasteiger partial charge >= 0.3 is 23.9 Å². The maximum atomic E-state index is 14.4. The first kappa shape index (κ1) is 52.4. The lowest BCUT2D eigenvalue weighted by Gasteiger charge is -2.44. The molecule has 0 radical (unpaired) electrons. The van der Waals surface area contributed by atoms with Crippen LogP contribution in [0.3, 0.4) is 0 Å². The van der Waals surface area contributed by atoms with E-state index in [1.807, 2.05) is 6.26 Å². The van der Waals surface area contributed by atoms with Crippen LogP contribution in [0.4, 0.5) is 0 Å². The van der Waals surface area contributed by atoms with E-state index < -0.39 is 121 Å². The van der Waals surface area contributed by atoms with Gasteiger partial charge in [-0.15, -0.1) is 0 Å². The van der Waals surface area contributed by atoms with Gasteiger partial charge < -0.3 is 60.7 Å². The third-order valence-electron chi connectivity index (χ3n) is 10.4. The Morgan fingerprint density at radius 3 is 2.03 bits per heavy atom. The molecule has 9 atom stereocenters. The van der Waals surface area contributed by atoms with Crippen LogP contribution in [0.15, 0.2) is 54.6 Å². The number of carbonyl (C=O) groups excluding carboxylic acids is 9. The second-order valence-corrected chi connectivity index (χ2v) is 16.7. The van der Waals surface area contributed by atoms with E-state index in [0.717, 1.165) is 27.7 Å². The lowest BCUT2D eigenvalue weighted by molar-refractivity contribution is -0.257. The summed E-state index contributed by atoms with van der Waals surface area (Å²) in [5.74, 6) is -6.16. The number of aromatic hydroxyl groups is 1. The third-order valence-corrected chi connectivity index (χ3v) is 11.1. The molecule has 2 fully saturated rings. The number of ether oxygens (including phenoxy) is 5. The Bertz CT molecular complexity index is 2040. The van der Waals surface area contributed by atoms with Crippen molar-refractivity contribution in [3.05, 3.63) is 65.7 Å². The van der Waals surface area contributed by atoms with Crippen LogP contribution < -0.4 is 27.0 Å². The smallest absolute Gasteiger partial charge is 0.303 e. The number of benzene rings is 2. The molecule has 2 aliphatic heterocycles. The second kappa shape index (κ2) is 25.4. The molecule has 2 aromatic rings. The topological polar surface area (TPSA) is 297 Å². The zero-order chi connectivity index (χ0) is 48.5. The molecule has 22 heteroatoms. The van der Waals surface area contributed by atoms with Crippen LogP contribution in [0, 0.1) is 0 Å². The van der Waals surface area contributed by atoms with E-state index in [1.54, 1.807) is 42.5 Å². The van der Waals surface area contributed by atoms with Crippen molar-refractivity contribution in [2.45, 2.75) is 115 Å². The van der Waals surface area contributed by atoms with E-state index in [2.05, 4.69) is 21.3 Å². The van der Waals surface area contributed by atoms with E-state index in [1.165, 1.54) is 28.8 Å². The summed E-state index contributed by atoms with van der Waals surface area (Å²) in [6.07, 6.45) is -4.81. The summed E-state index contributed by atoms with van der Waals surface area (Å²) in [4.78, 5) is 118. The Balaban J connectivity index is 1.50. The average Bonchev–Trinajstić information content (AvgIpc) is 3.76. The van der Waals surface area contributed by atoms with Crippen LogP contribution in [-0.2, 0) is 79.7 Å². The fourth-order valence-electron chi connectivity index (χ4n) is 7.43. The highest BCUT2D eigenvalue weighted by atomic mass is 32.2. The Hall–Kier alpha value is -6.26. The zero-order valence-electron chi connectivity index (χ0n) is 37.4. The predicted octanol–water partition coefficient (Wildman–Crippen LogP) is -0.466. The molecular weight excluding hydrogens is 885 g/mol. The van der Waals surface area contributed by atoms with E-state index in [0.29, 0.717) is 23.3 Å². The van der Waals surface area contributed by atoms with Gasteiger partial charge in [-0.2, -0.15) is 11.8 Å². The number of phenols is 1. The minimum Gasteiger partial charge on any atom is -0.508 e. The predicted molar refractivity (Wildman–Crippen MR) is 235 cm³/mol. The van der Waals surface area contributed by atoms with Crippen molar-refractivity contribution < 1.29 is 71.9 Å². The SMILES string of the molecule is CSCC[C@@H](NC(=O)[C@@H](N)Cc1ccc(O)cc1)C(=O)NCC(=O)N[C@@H](Cc1ccccc1)C(=O)N1CCC[C@H]1C(=O)N[C@@H]1O[C@H](COC(C)=O)[C@@H](OC(C)=O)[C@H](OC(C)=O)[C@H]1OC(C)=O. The molecule has 2 heterocycles. The molecule has 2 aliphatic rings. The van der Waals surface area contributed by atoms with Crippen LogP contribution in [0.1, 0.15) is 58.1 Å². The summed E-state index contributed by atoms with van der Waals surface area (Å²) >= 11 is 1.44. The first-order chi connectivity index (χ1) is 31.4. The van der Waals surface area contributed by atoms with E-state index in [-0.39, 0.29) is 38.0 Å². The number of likely N-dealkylation sites (tertiary alicyclic amines) is 1. The molecule has 66 heavy (non-hydrogen) atoms. The second-order valence-electron chi connectivity index (χ2n) is 15.7. The van der Waals surface area contributed by atoms with Crippen LogP contribution in [0.25, 0.3) is 0 Å². The number of amides is 5. The summed E-state index contributed by atoms with van der Waals surface area (Å²) in [5, 5.41) is 20.1. The quantitative estimate of drug-likeness (QED) is 0.0681. The van der Waals surface area contributed by atoms with Gasteiger partial charge in [-0.25, -0.2) is 0 Å². The normalized spacial score (nSPS) is 21.5. The number of nitrogens with one attached hydrogen (secondary N) is 4. The maximum Gasteiger partial charge on any atom is 0.303 e. The minimum absolute atomic E-state index is 0.00475. The molecule has 0 saturated carbocycles. The number of nitrogens with two attached hydrogens (primary N) is 1. The van der Waals surface area contributed by atoms with Gasteiger partial charge in [0.2, 0.25) is 29.5 Å². The van der Waals surface area contributed by atoms with Gasteiger partial charge in [0.15, 0.2) is 24.5 Å². The number of esters is 4. The highest BCUT2D eigenvalue weighted by Gasteiger charge is 2.53. The van der Waals surface area contributed by atoms with Gasteiger partial charge in [-0.3, -0.25) is 43.2 Å². The largest absolute Gasteiger partial charge is 0.508 e. The van der Waals surface area contributed by atoms with Gasteiger partial charge in [0.05, 0.1) is 12.6 Å². The lowest BCUT2D eigenvalue weighted by Crippen LogP contribution is -2.67. The standard InChI is InChI=1S/C44H58N6O15S/c1-24(51)61-23-35-37(62-25(2)52)38(63-26(3)53)39(64-27(4)54)43(65-35)49-42(59)34-12-9-18-50(34)44(60)33(21-28-10-7-6-8-11-28)47-36(56)22-46-41(58)32(17-19-66-5)48-40(57)31(45)20-29-13-15-30(55)16-14-29/h6-8,10-11,13-16,31-35,37-39,43,55H,9,12,17-23,45H2,1-5H3,(H,46,58)(H,47,56)(H,48,57)(H,49,59)/t31-,32+,33-,34-,35+,37+,38-,39+,43+/m0/s1. The van der Waals surface area contributed by atoms with E-state index in [9.17, 15) is 48.3 Å². The molecule has 360 valence electrons. The molecule has 0 unspecified atom stereocenters. The number of hydrogen-bond acceptors (Lipinski definition) is 17. The van der Waals surface area contributed by atoms with Crippen molar-refractivity contribution in [3.63, 3.8) is 0 Å². The Labute approximate surface area is 385 Å². The number of carbonyl (C=O) groups is 9. The van der Waals surface area contributed by atoms with Crippen molar-refractivity contribution in [3.8, 4) is 5.75 Å². The molecule has 0 bridgehead atoms. The molecule has 0 spiro atoms. The fraction of sp³-hybridized carbons (Fsp3) is 0.523. The Morgan fingerprint density at radius 2 is 1.41 bits per heavy atom. The summed E-state index contributed by atoms with van der Waals surface area (Å²) in [6.45, 7) is 3.31. The van der Waals surface area contributed by atoms with E-state index in [4.69, 9.17) is 29.4 Å². The molecule has 2 aromatic carbocycles. The summed E-state index contributed by atoms with van der Waals surface area (Å²) in [6, 6.07) is 10.5. The maximum absolute atomic E-state index is 14.4. The summed E-state index contributed by atoms with van der Waals surface area (Å²) < 4.78 is 27.5. The van der Waals surface area contributed by atoms with Crippen molar-refractivity contribution in [2.24, 2.45) is 5.73 Å². The fourth-order valence-corrected chi connectivity index (χ4v) is 7.90. The van der Waals surface area contributed by atoms with Gasteiger partial charge in [0.1, 0.15) is 36.6 Å². The minimum atomic E-state index is -1.59. The number of thioether (sulfide) groups is 1. The molecule has 5 amide bonds. The van der Waals surface area contributed by atoms with Crippen LogP contribution >= 0.6 is 11.8 Å². The van der Waals surface area contributed by atoms with Crippen molar-refractivity contribution in [2.75, 3.05) is 31.7 Å². The monoisotopic (exact) mass is 942 g/mol. The number of nitrogens with zero attached hydrogens (tertiary/aromatic N) is 1. The van der Waals surface area contributed by atoms with Gasteiger partial charge in [-0.05, 0) is 61.0 Å². The average molecular weight is 943 g/mol. The molecule has 7 N–H and O–H groups in total. The molecule has 4 rings (SSSR count). The van der Waals surface area contributed by atoms with Gasteiger partial charge in [0, 0.05) is 40.7 Å². The molecule has 2 saturated heterocycles. The molecule has 0 aromatic heterocycles. The molecule has 0 aliphatic carbocycles. The third kappa shape index (κ3) is 16.0. The Kier molecular flexibility index (Phi) is 20.2. The lowest BCUT2D eigenvalue weighted by atomic mass is 9.97. The molecule has 21 nitrogen and oxygen atoms in total. The van der Waals surface area contributed by atoms with Crippen molar-refractivity contribution in [1.29, 1.82) is 0 Å². The van der Waals surface area contributed by atoms with Gasteiger partial charge in [0.25, 0.3) is 0 Å². The summed E-state index contributed by atoms with van der Waals surface area (Å²) in [7, 11) is 0. The first-order valence-electron chi connectivity index (χ1n) is 21.2. The Morgan fingerprint density at radius 1 is 0.788 bits per heavy atom. The van der Waals surface area contributed by atoms with Gasteiger partial charge in [-0.1, -0.05) is 42.5 Å². The first-order valence-corrected chi connectivity index (χ1v) is 22.6. The zero-order valence-corrected chi connectivity index (χ0v) is 38.2. The van der Waals surface area contributed by atoms with Crippen LogP contribution in [-0.4, -0.2) is 150 Å². The van der Waals surface area contributed by atoms with E-state index >= 15 is 0 Å². The summed E-state index contributed by atoms with van der Waals surface area (Å²) in [5.41, 5.74) is 7.51.